The molecule has 74 valence electrons. The standard InChI is InChI=1S/C9H8O2S3/c1-4-6(12)2-7(14-4)9-8(11)5(10)3-13-9/h2-3,10-12H,1H3. The molecule has 2 nitrogen and oxygen atoms in total. The highest BCUT2D eigenvalue weighted by Crippen LogP contribution is 2.45. The summed E-state index contributed by atoms with van der Waals surface area (Å²) in [7, 11) is 0. The first-order valence-electron chi connectivity index (χ1n) is 3.88. The van der Waals surface area contributed by atoms with E-state index in [-0.39, 0.29) is 11.5 Å². The van der Waals surface area contributed by atoms with Crippen molar-refractivity contribution >= 4 is 35.3 Å². The molecule has 0 aromatic carbocycles. The van der Waals surface area contributed by atoms with Crippen LogP contribution in [0.2, 0.25) is 0 Å². The van der Waals surface area contributed by atoms with Crippen LogP contribution in [0.5, 0.6) is 11.5 Å². The zero-order valence-electron chi connectivity index (χ0n) is 7.31. The quantitative estimate of drug-likeness (QED) is 0.672. The lowest BCUT2D eigenvalue weighted by Gasteiger charge is -1.92. The highest BCUT2D eigenvalue weighted by Gasteiger charge is 2.14. The Labute approximate surface area is 94.9 Å². The maximum Gasteiger partial charge on any atom is 0.177 e. The van der Waals surface area contributed by atoms with Gasteiger partial charge in [0.05, 0.1) is 4.88 Å². The van der Waals surface area contributed by atoms with Crippen molar-refractivity contribution in [2.75, 3.05) is 0 Å². The molecule has 0 fully saturated rings. The molecule has 5 heteroatoms. The molecule has 0 aliphatic carbocycles. The van der Waals surface area contributed by atoms with Crippen molar-refractivity contribution in [1.29, 1.82) is 0 Å². The van der Waals surface area contributed by atoms with E-state index in [0.717, 1.165) is 14.6 Å². The number of aryl methyl sites for hydroxylation is 1. The van der Waals surface area contributed by atoms with Gasteiger partial charge in [0.2, 0.25) is 0 Å². The Kier molecular flexibility index (Phi) is 2.47. The second-order valence-electron chi connectivity index (χ2n) is 2.85. The third kappa shape index (κ3) is 1.51. The van der Waals surface area contributed by atoms with Gasteiger partial charge in [-0.1, -0.05) is 0 Å². The smallest absolute Gasteiger partial charge is 0.177 e. The van der Waals surface area contributed by atoms with E-state index in [2.05, 4.69) is 12.6 Å². The van der Waals surface area contributed by atoms with Gasteiger partial charge in [0.1, 0.15) is 0 Å². The van der Waals surface area contributed by atoms with E-state index >= 15 is 0 Å². The first-order valence-corrected chi connectivity index (χ1v) is 6.03. The number of thiophene rings is 2. The van der Waals surface area contributed by atoms with Crippen LogP contribution in [0.25, 0.3) is 9.75 Å². The lowest BCUT2D eigenvalue weighted by atomic mass is 10.3. The molecule has 2 aromatic rings. The van der Waals surface area contributed by atoms with Crippen LogP contribution in [0.15, 0.2) is 16.3 Å². The van der Waals surface area contributed by atoms with Gasteiger partial charge < -0.3 is 10.2 Å². The molecule has 2 aromatic heterocycles. The van der Waals surface area contributed by atoms with E-state index < -0.39 is 0 Å². The predicted molar refractivity (Wildman–Crippen MR) is 63.0 cm³/mol. The van der Waals surface area contributed by atoms with Gasteiger partial charge in [-0.05, 0) is 13.0 Å². The minimum Gasteiger partial charge on any atom is -0.504 e. The number of rotatable bonds is 1. The monoisotopic (exact) mass is 244 g/mol. The molecule has 0 spiro atoms. The zero-order valence-corrected chi connectivity index (χ0v) is 9.84. The molecule has 0 bridgehead atoms. The Morgan fingerprint density at radius 2 is 2.07 bits per heavy atom. The largest absolute Gasteiger partial charge is 0.504 e. The van der Waals surface area contributed by atoms with Crippen LogP contribution in [0.3, 0.4) is 0 Å². The van der Waals surface area contributed by atoms with Gasteiger partial charge in [-0.25, -0.2) is 0 Å². The first kappa shape index (κ1) is 9.89. The first-order chi connectivity index (χ1) is 6.59. The number of hydrogen-bond acceptors (Lipinski definition) is 5. The van der Waals surface area contributed by atoms with Crippen LogP contribution in [0, 0.1) is 6.92 Å². The normalized spacial score (nSPS) is 10.7. The minimum atomic E-state index is -0.0585. The van der Waals surface area contributed by atoms with Crippen LogP contribution < -0.4 is 0 Å². The maximum absolute atomic E-state index is 9.53. The van der Waals surface area contributed by atoms with Crippen LogP contribution in [-0.4, -0.2) is 10.2 Å². The molecule has 2 heterocycles. The Balaban J connectivity index is 2.54. The average molecular weight is 244 g/mol. The summed E-state index contributed by atoms with van der Waals surface area (Å²) in [5.41, 5.74) is 0. The van der Waals surface area contributed by atoms with Crippen molar-refractivity contribution in [3.05, 3.63) is 16.3 Å². The molecule has 14 heavy (non-hydrogen) atoms. The summed E-state index contributed by atoms with van der Waals surface area (Å²) in [4.78, 5) is 3.67. The molecule has 0 amide bonds. The lowest BCUT2D eigenvalue weighted by molar-refractivity contribution is 0.409. The van der Waals surface area contributed by atoms with E-state index in [1.807, 2.05) is 13.0 Å². The van der Waals surface area contributed by atoms with Gasteiger partial charge in [-0.3, -0.25) is 0 Å². The van der Waals surface area contributed by atoms with Crippen molar-refractivity contribution in [3.8, 4) is 21.3 Å². The summed E-state index contributed by atoms with van der Waals surface area (Å²) >= 11 is 7.17. The predicted octanol–water partition coefficient (Wildman–Crippen LogP) is 3.48. The Hall–Kier alpha value is -0.650. The fraction of sp³-hybridized carbons (Fsp3) is 0.111. The molecule has 0 saturated heterocycles. The number of hydrogen-bond donors (Lipinski definition) is 3. The lowest BCUT2D eigenvalue weighted by Crippen LogP contribution is -1.63. The highest BCUT2D eigenvalue weighted by atomic mass is 32.1. The Morgan fingerprint density at radius 1 is 1.36 bits per heavy atom. The summed E-state index contributed by atoms with van der Waals surface area (Å²) < 4.78 is 0. The van der Waals surface area contributed by atoms with Crippen LogP contribution in [0.1, 0.15) is 4.88 Å². The summed E-state index contributed by atoms with van der Waals surface area (Å²) in [6.07, 6.45) is 0. The van der Waals surface area contributed by atoms with Gasteiger partial charge in [0.15, 0.2) is 11.5 Å². The summed E-state index contributed by atoms with van der Waals surface area (Å²) in [6.45, 7) is 1.97. The van der Waals surface area contributed by atoms with Crippen molar-refractivity contribution in [3.63, 3.8) is 0 Å². The second kappa shape index (κ2) is 3.49. The van der Waals surface area contributed by atoms with E-state index in [0.29, 0.717) is 4.88 Å². The minimum absolute atomic E-state index is 0.0374. The molecule has 0 atom stereocenters. The van der Waals surface area contributed by atoms with Gasteiger partial charge in [-0.15, -0.1) is 35.3 Å². The molecule has 0 aliphatic rings. The van der Waals surface area contributed by atoms with Gasteiger partial charge >= 0.3 is 0 Å². The average Bonchev–Trinajstić information content (AvgIpc) is 2.61. The topological polar surface area (TPSA) is 40.5 Å². The van der Waals surface area contributed by atoms with E-state index in [1.165, 1.54) is 16.7 Å². The number of thiol groups is 1. The van der Waals surface area contributed by atoms with Crippen LogP contribution in [-0.2, 0) is 0 Å². The Morgan fingerprint density at radius 3 is 2.50 bits per heavy atom. The molecular formula is C9H8O2S3. The van der Waals surface area contributed by atoms with Crippen molar-refractivity contribution < 1.29 is 10.2 Å². The second-order valence-corrected chi connectivity index (χ2v) is 5.47. The molecule has 0 aliphatic heterocycles. The van der Waals surface area contributed by atoms with Crippen molar-refractivity contribution in [2.24, 2.45) is 0 Å². The van der Waals surface area contributed by atoms with Crippen LogP contribution in [0.4, 0.5) is 0 Å². The SMILES string of the molecule is Cc1sc(-c2scc(O)c2O)cc1S. The fourth-order valence-corrected chi connectivity index (χ4v) is 3.32. The molecule has 2 N–H and O–H groups in total. The highest BCUT2D eigenvalue weighted by molar-refractivity contribution is 7.80. The van der Waals surface area contributed by atoms with E-state index in [9.17, 15) is 10.2 Å². The summed E-state index contributed by atoms with van der Waals surface area (Å²) in [5, 5.41) is 20.3. The molecular weight excluding hydrogens is 236 g/mol. The zero-order chi connectivity index (χ0) is 10.3. The van der Waals surface area contributed by atoms with Crippen LogP contribution >= 0.6 is 35.3 Å². The van der Waals surface area contributed by atoms with Crippen molar-refractivity contribution in [2.45, 2.75) is 11.8 Å². The summed E-state index contributed by atoms with van der Waals surface area (Å²) in [6, 6.07) is 1.90. The third-order valence-corrected chi connectivity index (χ3v) is 4.66. The fourth-order valence-electron chi connectivity index (χ4n) is 1.10. The molecule has 2 rings (SSSR count). The number of aromatic hydroxyl groups is 2. The van der Waals surface area contributed by atoms with E-state index in [1.54, 1.807) is 11.3 Å². The van der Waals surface area contributed by atoms with E-state index in [4.69, 9.17) is 0 Å². The van der Waals surface area contributed by atoms with Crippen molar-refractivity contribution in [1.82, 2.24) is 0 Å². The third-order valence-electron chi connectivity index (χ3n) is 1.86. The maximum atomic E-state index is 9.53. The Bertz CT molecular complexity index is 451. The van der Waals surface area contributed by atoms with Gasteiger partial charge in [0, 0.05) is 20.0 Å². The van der Waals surface area contributed by atoms with Gasteiger partial charge in [-0.2, -0.15) is 0 Å². The summed E-state index contributed by atoms with van der Waals surface area (Å²) in [5.74, 6) is -0.0960. The molecule has 0 radical (unpaired) electrons. The van der Waals surface area contributed by atoms with Gasteiger partial charge in [0.25, 0.3) is 0 Å². The molecule has 0 saturated carbocycles. The molecule has 0 unspecified atom stereocenters.